The van der Waals surface area contributed by atoms with Crippen molar-refractivity contribution in [2.24, 2.45) is 0 Å². The molecule has 2 amide bonds. The van der Waals surface area contributed by atoms with E-state index in [4.69, 9.17) is 0 Å². The van der Waals surface area contributed by atoms with Crippen LogP contribution in [0.3, 0.4) is 0 Å². The maximum Gasteiger partial charge on any atom is 0.255 e. The molecule has 0 rings (SSSR count). The Labute approximate surface area is 169 Å². The summed E-state index contributed by atoms with van der Waals surface area (Å²) in [4.78, 5) is 25.1. The van der Waals surface area contributed by atoms with Gasteiger partial charge in [-0.1, -0.05) is 64.9 Å². The van der Waals surface area contributed by atoms with E-state index in [-0.39, 0.29) is 19.2 Å². The van der Waals surface area contributed by atoms with Gasteiger partial charge in [0, 0.05) is 12.5 Å². The Kier molecular flexibility index (Phi) is 16.5. The summed E-state index contributed by atoms with van der Waals surface area (Å²) >= 11 is 0. The second-order valence-electron chi connectivity index (χ2n) is 8.32. The summed E-state index contributed by atoms with van der Waals surface area (Å²) in [5, 5.41) is 0. The highest BCUT2D eigenvalue weighted by Crippen LogP contribution is 2.12. The summed E-state index contributed by atoms with van der Waals surface area (Å²) in [5.74, 6) is -0.451. The average Bonchev–Trinajstić information content (AvgIpc) is 2.56. The molecule has 0 saturated heterocycles. The van der Waals surface area contributed by atoms with Crippen LogP contribution in [0.15, 0.2) is 12.2 Å². The normalized spacial score (nSPS) is 11.0. The Morgan fingerprint density at radius 1 is 0.815 bits per heavy atom. The Morgan fingerprint density at radius 3 is 1.67 bits per heavy atom. The van der Waals surface area contributed by atoms with E-state index < -0.39 is 0 Å². The van der Waals surface area contributed by atoms with E-state index in [0.29, 0.717) is 12.1 Å². The van der Waals surface area contributed by atoms with Crippen LogP contribution in [-0.4, -0.2) is 54.9 Å². The van der Waals surface area contributed by atoms with Gasteiger partial charge in [0.05, 0.1) is 33.7 Å². The molecule has 0 bridgehead atoms. The van der Waals surface area contributed by atoms with E-state index in [1.54, 1.807) is 6.92 Å². The first-order valence-corrected chi connectivity index (χ1v) is 10.5. The van der Waals surface area contributed by atoms with Crippen molar-refractivity contribution in [3.05, 3.63) is 19.6 Å². The third kappa shape index (κ3) is 14.6. The summed E-state index contributed by atoms with van der Waals surface area (Å²) in [6.45, 7) is 11.4. The van der Waals surface area contributed by atoms with E-state index in [0.717, 1.165) is 17.6 Å². The van der Waals surface area contributed by atoms with Crippen LogP contribution in [0, 0.1) is 7.43 Å². The number of carbonyl (C=O) groups is 2. The third-order valence-electron chi connectivity index (χ3n) is 5.04. The van der Waals surface area contributed by atoms with Crippen LogP contribution in [0.2, 0.25) is 0 Å². The molecule has 0 heterocycles. The lowest BCUT2D eigenvalue weighted by Gasteiger charge is -2.32. The van der Waals surface area contributed by atoms with Gasteiger partial charge in [-0.05, 0) is 19.8 Å². The van der Waals surface area contributed by atoms with Crippen LogP contribution >= 0.6 is 0 Å². The monoisotopic (exact) mass is 382 g/mol. The lowest BCUT2D eigenvalue weighted by Crippen LogP contribution is -2.48. The second-order valence-corrected chi connectivity index (χ2v) is 8.32. The van der Waals surface area contributed by atoms with Crippen molar-refractivity contribution in [2.45, 2.75) is 85.0 Å². The Bertz CT molecular complexity index is 430. The van der Waals surface area contributed by atoms with E-state index in [1.165, 1.54) is 76.0 Å². The van der Waals surface area contributed by atoms with Crippen molar-refractivity contribution in [3.63, 3.8) is 0 Å². The van der Waals surface area contributed by atoms with Crippen LogP contribution < -0.4 is 0 Å². The molecule has 0 N–H and O–H groups in total. The topological polar surface area (TPSA) is 37.4 Å². The number of carbonyl (C=O) groups excluding carboxylic acids is 2. The van der Waals surface area contributed by atoms with Crippen LogP contribution in [0.4, 0.5) is 0 Å². The molecule has 0 aromatic rings. The fraction of sp³-hybridized carbons (Fsp3) is 0.783. The standard InChI is InChI=1S/C22H43N2O2.CH3/c1-7-8-9-10-11-12-13-14-15-16-18-24(5,6)19-17-23(21(4)25)22(26)20(2)3;/h2,7-19H2,1,3-6H3;1H3/q+1;-1. The molecular weight excluding hydrogens is 336 g/mol. The number of nitrogens with zero attached hydrogens (tertiary/aromatic N) is 2. The van der Waals surface area contributed by atoms with E-state index in [1.807, 2.05) is 0 Å². The maximum absolute atomic E-state index is 12.0. The minimum absolute atomic E-state index is 0. The number of hydrogen-bond acceptors (Lipinski definition) is 2. The Balaban J connectivity index is 0. The first-order chi connectivity index (χ1) is 12.2. The van der Waals surface area contributed by atoms with Crippen LogP contribution in [0.25, 0.3) is 0 Å². The fourth-order valence-corrected chi connectivity index (χ4v) is 3.14. The number of likely N-dealkylation sites (N-methyl/N-ethyl adjacent to an activating group) is 1. The Hall–Kier alpha value is -1.16. The summed E-state index contributed by atoms with van der Waals surface area (Å²) in [5.41, 5.74) is 0.417. The highest BCUT2D eigenvalue weighted by atomic mass is 16.2. The highest BCUT2D eigenvalue weighted by molar-refractivity contribution is 6.02. The molecule has 4 nitrogen and oxygen atoms in total. The number of rotatable bonds is 15. The van der Waals surface area contributed by atoms with Gasteiger partial charge in [0.2, 0.25) is 5.91 Å². The second kappa shape index (κ2) is 15.9. The SMILES string of the molecule is C=C(C)C(=O)N(CC[N+](C)(C)CCCCCCCCCCCC)C(C)=O.[CH3-]. The molecule has 0 fully saturated rings. The predicted octanol–water partition coefficient (Wildman–Crippen LogP) is 5.39. The molecule has 160 valence electrons. The molecule has 0 saturated carbocycles. The summed E-state index contributed by atoms with van der Waals surface area (Å²) in [7, 11) is 4.36. The van der Waals surface area contributed by atoms with Gasteiger partial charge in [-0.25, -0.2) is 0 Å². The molecule has 0 unspecified atom stereocenters. The molecule has 0 aliphatic carbocycles. The number of quaternary nitrogens is 1. The van der Waals surface area contributed by atoms with Crippen molar-refractivity contribution in [1.82, 2.24) is 4.90 Å². The van der Waals surface area contributed by atoms with Crippen molar-refractivity contribution in [3.8, 4) is 0 Å². The van der Waals surface area contributed by atoms with Crippen molar-refractivity contribution in [2.75, 3.05) is 33.7 Å². The number of amides is 2. The van der Waals surface area contributed by atoms with Gasteiger partial charge in [0.15, 0.2) is 0 Å². The molecule has 0 aliphatic heterocycles. The van der Waals surface area contributed by atoms with Crippen LogP contribution in [-0.2, 0) is 9.59 Å². The largest absolute Gasteiger partial charge is 0.358 e. The Morgan fingerprint density at radius 2 is 1.26 bits per heavy atom. The highest BCUT2D eigenvalue weighted by Gasteiger charge is 2.23. The predicted molar refractivity (Wildman–Crippen MR) is 117 cm³/mol. The summed E-state index contributed by atoms with van der Waals surface area (Å²) in [6, 6.07) is 0. The first kappa shape index (κ1) is 28.1. The zero-order valence-electron chi connectivity index (χ0n) is 19.1. The first-order valence-electron chi connectivity index (χ1n) is 10.5. The van der Waals surface area contributed by atoms with Gasteiger partial charge in [-0.15, -0.1) is 0 Å². The molecule has 0 aliphatic rings. The van der Waals surface area contributed by atoms with Crippen molar-refractivity contribution < 1.29 is 14.1 Å². The third-order valence-corrected chi connectivity index (χ3v) is 5.04. The minimum atomic E-state index is -0.253. The molecule has 0 aromatic carbocycles. The zero-order valence-corrected chi connectivity index (χ0v) is 19.1. The zero-order chi connectivity index (χ0) is 20.0. The molecule has 4 heteroatoms. The number of unbranched alkanes of at least 4 members (excludes halogenated alkanes) is 9. The average molecular weight is 383 g/mol. The van der Waals surface area contributed by atoms with Gasteiger partial charge in [-0.2, -0.15) is 0 Å². The lowest BCUT2D eigenvalue weighted by atomic mass is 10.1. The number of hydrogen-bond donors (Lipinski definition) is 0. The molecule has 0 spiro atoms. The molecule has 0 radical (unpaired) electrons. The van der Waals surface area contributed by atoms with E-state index in [9.17, 15) is 9.59 Å². The van der Waals surface area contributed by atoms with Gasteiger partial charge in [-0.3, -0.25) is 14.5 Å². The number of imide groups is 1. The van der Waals surface area contributed by atoms with Crippen molar-refractivity contribution in [1.29, 1.82) is 0 Å². The fourth-order valence-electron chi connectivity index (χ4n) is 3.14. The summed E-state index contributed by atoms with van der Waals surface area (Å²) in [6.07, 6.45) is 13.4. The smallest absolute Gasteiger partial charge is 0.255 e. The molecule has 0 aromatic heterocycles. The maximum atomic E-state index is 12.0. The molecular formula is C23H46N2O2. The molecule has 27 heavy (non-hydrogen) atoms. The quantitative estimate of drug-likeness (QED) is 0.165. The van der Waals surface area contributed by atoms with E-state index >= 15 is 0 Å². The van der Waals surface area contributed by atoms with Gasteiger partial charge >= 0.3 is 0 Å². The van der Waals surface area contributed by atoms with E-state index in [2.05, 4.69) is 27.6 Å². The molecule has 0 atom stereocenters. The lowest BCUT2D eigenvalue weighted by molar-refractivity contribution is -0.889. The van der Waals surface area contributed by atoms with Crippen LogP contribution in [0.1, 0.15) is 85.0 Å². The van der Waals surface area contributed by atoms with Crippen molar-refractivity contribution >= 4 is 11.8 Å². The van der Waals surface area contributed by atoms with Gasteiger partial charge in [0.25, 0.3) is 5.91 Å². The van der Waals surface area contributed by atoms with Crippen LogP contribution in [0.5, 0.6) is 0 Å². The van der Waals surface area contributed by atoms with Gasteiger partial charge < -0.3 is 11.9 Å². The van der Waals surface area contributed by atoms with Gasteiger partial charge in [0.1, 0.15) is 0 Å². The summed E-state index contributed by atoms with van der Waals surface area (Å²) < 4.78 is 0.838. The minimum Gasteiger partial charge on any atom is -0.358 e.